The third-order valence-electron chi connectivity index (χ3n) is 4.02. The number of carbonyl (C=O) groups excluding carboxylic acids is 1. The van der Waals surface area contributed by atoms with Crippen LogP contribution in [0.2, 0.25) is 0 Å². The van der Waals surface area contributed by atoms with Gasteiger partial charge in [0.25, 0.3) is 0 Å². The van der Waals surface area contributed by atoms with Gasteiger partial charge in [-0.25, -0.2) is 4.79 Å². The molecule has 0 bridgehead atoms. The number of nitrogens with zero attached hydrogens (tertiary/aromatic N) is 3. The van der Waals surface area contributed by atoms with E-state index in [1.807, 2.05) is 29.7 Å². The number of urea groups is 1. The molecule has 8 nitrogen and oxygen atoms in total. The summed E-state index contributed by atoms with van der Waals surface area (Å²) in [5, 5.41) is 13.6. The molecule has 0 aliphatic carbocycles. The molecular formula is C17H23N5O3. The predicted octanol–water partition coefficient (Wildman–Crippen LogP) is 1.61. The van der Waals surface area contributed by atoms with E-state index >= 15 is 0 Å². The van der Waals surface area contributed by atoms with Crippen LogP contribution >= 0.6 is 0 Å². The SMILES string of the molecule is COCCn1cnnc1CCNC(=O)Nc1ccc2c(c1)C[C@H](C)O2. The molecule has 25 heavy (non-hydrogen) atoms. The lowest BCUT2D eigenvalue weighted by atomic mass is 10.1. The van der Waals surface area contributed by atoms with Crippen LogP contribution in [0, 0.1) is 0 Å². The Morgan fingerprint density at radius 2 is 2.36 bits per heavy atom. The van der Waals surface area contributed by atoms with Crippen LogP contribution in [-0.2, 0) is 24.1 Å². The number of anilines is 1. The van der Waals surface area contributed by atoms with Gasteiger partial charge >= 0.3 is 6.03 Å². The standard InChI is InChI=1S/C17H23N5O3/c1-12-9-13-10-14(3-4-15(13)25-12)20-17(23)18-6-5-16-21-19-11-22(16)7-8-24-2/h3-4,10-12H,5-9H2,1-2H3,(H2,18,20,23)/t12-/m0/s1. The molecule has 3 rings (SSSR count). The number of methoxy groups -OCH3 is 1. The Kier molecular flexibility index (Phi) is 5.49. The molecular weight excluding hydrogens is 322 g/mol. The summed E-state index contributed by atoms with van der Waals surface area (Å²) in [5.41, 5.74) is 1.88. The second-order valence-electron chi connectivity index (χ2n) is 6.02. The van der Waals surface area contributed by atoms with Crippen LogP contribution in [0.3, 0.4) is 0 Å². The number of amides is 2. The van der Waals surface area contributed by atoms with Gasteiger partial charge in [0.15, 0.2) is 0 Å². The average molecular weight is 345 g/mol. The molecule has 0 spiro atoms. The van der Waals surface area contributed by atoms with E-state index in [0.29, 0.717) is 26.1 Å². The van der Waals surface area contributed by atoms with Crippen LogP contribution < -0.4 is 15.4 Å². The molecule has 1 aliphatic rings. The Labute approximate surface area is 146 Å². The maximum absolute atomic E-state index is 12.0. The van der Waals surface area contributed by atoms with Gasteiger partial charge in [-0.05, 0) is 30.7 Å². The Morgan fingerprint density at radius 1 is 1.48 bits per heavy atom. The molecule has 0 radical (unpaired) electrons. The number of rotatable bonds is 7. The topological polar surface area (TPSA) is 90.3 Å². The highest BCUT2D eigenvalue weighted by Gasteiger charge is 2.19. The van der Waals surface area contributed by atoms with E-state index in [2.05, 4.69) is 20.8 Å². The molecule has 0 saturated carbocycles. The number of fused-ring (bicyclic) bond motifs is 1. The molecule has 2 amide bonds. The van der Waals surface area contributed by atoms with Gasteiger partial charge in [0.1, 0.15) is 24.0 Å². The monoisotopic (exact) mass is 345 g/mol. The van der Waals surface area contributed by atoms with Gasteiger partial charge in [0.2, 0.25) is 0 Å². The highest BCUT2D eigenvalue weighted by molar-refractivity contribution is 5.89. The van der Waals surface area contributed by atoms with Crippen LogP contribution in [0.25, 0.3) is 0 Å². The lowest BCUT2D eigenvalue weighted by molar-refractivity contribution is 0.186. The minimum atomic E-state index is -0.241. The number of hydrogen-bond donors (Lipinski definition) is 2. The molecule has 1 atom stereocenters. The zero-order valence-corrected chi connectivity index (χ0v) is 14.5. The molecule has 0 saturated heterocycles. The Balaban J connectivity index is 1.46. The van der Waals surface area contributed by atoms with Gasteiger partial charge in [-0.15, -0.1) is 10.2 Å². The van der Waals surface area contributed by atoms with E-state index in [1.165, 1.54) is 0 Å². The lowest BCUT2D eigenvalue weighted by Crippen LogP contribution is -2.31. The van der Waals surface area contributed by atoms with Crippen molar-refractivity contribution < 1.29 is 14.3 Å². The van der Waals surface area contributed by atoms with Crippen molar-refractivity contribution in [1.29, 1.82) is 0 Å². The van der Waals surface area contributed by atoms with Crippen LogP contribution in [0.4, 0.5) is 10.5 Å². The number of carbonyl (C=O) groups is 1. The summed E-state index contributed by atoms with van der Waals surface area (Å²) < 4.78 is 12.6. The predicted molar refractivity (Wildman–Crippen MR) is 92.9 cm³/mol. The largest absolute Gasteiger partial charge is 0.490 e. The Hall–Kier alpha value is -2.61. The number of ether oxygens (including phenoxy) is 2. The van der Waals surface area contributed by atoms with Crippen molar-refractivity contribution in [2.45, 2.75) is 32.4 Å². The van der Waals surface area contributed by atoms with Crippen molar-refractivity contribution >= 4 is 11.7 Å². The second kappa shape index (κ2) is 7.98. The van der Waals surface area contributed by atoms with Crippen molar-refractivity contribution in [3.8, 4) is 5.75 Å². The zero-order chi connectivity index (χ0) is 17.6. The van der Waals surface area contributed by atoms with E-state index in [1.54, 1.807) is 13.4 Å². The number of aromatic nitrogens is 3. The van der Waals surface area contributed by atoms with E-state index in [-0.39, 0.29) is 12.1 Å². The summed E-state index contributed by atoms with van der Waals surface area (Å²) in [5.74, 6) is 1.72. The van der Waals surface area contributed by atoms with Crippen LogP contribution in [0.1, 0.15) is 18.3 Å². The summed E-state index contributed by atoms with van der Waals surface area (Å²) in [7, 11) is 1.65. The Morgan fingerprint density at radius 3 is 3.20 bits per heavy atom. The molecule has 0 unspecified atom stereocenters. The fraction of sp³-hybridized carbons (Fsp3) is 0.471. The van der Waals surface area contributed by atoms with Gasteiger partial charge < -0.3 is 24.7 Å². The normalized spacial score (nSPS) is 15.5. The number of hydrogen-bond acceptors (Lipinski definition) is 5. The highest BCUT2D eigenvalue weighted by atomic mass is 16.5. The summed E-state index contributed by atoms with van der Waals surface area (Å²) >= 11 is 0. The number of benzene rings is 1. The first-order valence-corrected chi connectivity index (χ1v) is 8.36. The fourth-order valence-electron chi connectivity index (χ4n) is 2.81. The van der Waals surface area contributed by atoms with E-state index < -0.39 is 0 Å². The van der Waals surface area contributed by atoms with Crippen molar-refractivity contribution in [2.24, 2.45) is 0 Å². The number of nitrogens with one attached hydrogen (secondary N) is 2. The highest BCUT2D eigenvalue weighted by Crippen LogP contribution is 2.30. The van der Waals surface area contributed by atoms with E-state index in [4.69, 9.17) is 9.47 Å². The second-order valence-corrected chi connectivity index (χ2v) is 6.02. The van der Waals surface area contributed by atoms with Gasteiger partial charge in [-0.1, -0.05) is 0 Å². The van der Waals surface area contributed by atoms with E-state index in [0.717, 1.165) is 29.2 Å². The first kappa shape index (κ1) is 17.2. The molecule has 1 aliphatic heterocycles. The zero-order valence-electron chi connectivity index (χ0n) is 14.5. The van der Waals surface area contributed by atoms with Gasteiger partial charge in [0, 0.05) is 38.7 Å². The molecule has 2 N–H and O–H groups in total. The van der Waals surface area contributed by atoms with Crippen molar-refractivity contribution in [3.63, 3.8) is 0 Å². The average Bonchev–Trinajstić information content (AvgIpc) is 3.17. The van der Waals surface area contributed by atoms with Crippen LogP contribution in [0.15, 0.2) is 24.5 Å². The molecule has 1 aromatic heterocycles. The maximum Gasteiger partial charge on any atom is 0.319 e. The molecule has 0 fully saturated rings. The molecule has 2 heterocycles. The summed E-state index contributed by atoms with van der Waals surface area (Å²) in [6.45, 7) is 3.80. The minimum Gasteiger partial charge on any atom is -0.490 e. The van der Waals surface area contributed by atoms with Crippen molar-refractivity contribution in [3.05, 3.63) is 35.9 Å². The van der Waals surface area contributed by atoms with Crippen LogP contribution in [0.5, 0.6) is 5.75 Å². The van der Waals surface area contributed by atoms with Gasteiger partial charge in [0.05, 0.1) is 6.61 Å². The summed E-state index contributed by atoms with van der Waals surface area (Å²) in [4.78, 5) is 12.0. The van der Waals surface area contributed by atoms with Crippen molar-refractivity contribution in [1.82, 2.24) is 20.1 Å². The first-order valence-electron chi connectivity index (χ1n) is 8.36. The lowest BCUT2D eigenvalue weighted by Gasteiger charge is -2.09. The molecule has 2 aromatic rings. The molecule has 134 valence electrons. The van der Waals surface area contributed by atoms with E-state index in [9.17, 15) is 4.79 Å². The first-order chi connectivity index (χ1) is 12.2. The quantitative estimate of drug-likeness (QED) is 0.796. The van der Waals surface area contributed by atoms with Crippen LogP contribution in [-0.4, -0.2) is 47.2 Å². The summed E-state index contributed by atoms with van der Waals surface area (Å²) in [6.07, 6.45) is 3.33. The van der Waals surface area contributed by atoms with Gasteiger partial charge in [-0.3, -0.25) is 0 Å². The third kappa shape index (κ3) is 4.48. The third-order valence-corrected chi connectivity index (χ3v) is 4.02. The smallest absolute Gasteiger partial charge is 0.319 e. The maximum atomic E-state index is 12.0. The van der Waals surface area contributed by atoms with Gasteiger partial charge in [-0.2, -0.15) is 0 Å². The van der Waals surface area contributed by atoms with Crippen molar-refractivity contribution in [2.75, 3.05) is 25.6 Å². The Bertz CT molecular complexity index is 731. The molecule has 1 aromatic carbocycles. The molecule has 8 heteroatoms. The summed E-state index contributed by atoms with van der Waals surface area (Å²) in [6, 6.07) is 5.46. The fourth-order valence-corrected chi connectivity index (χ4v) is 2.81. The minimum absolute atomic E-state index is 0.189.